The van der Waals surface area contributed by atoms with E-state index >= 15 is 0 Å². The molecule has 0 atom stereocenters. The van der Waals surface area contributed by atoms with Crippen molar-refractivity contribution < 1.29 is 14.2 Å². The van der Waals surface area contributed by atoms with Crippen LogP contribution in [0.25, 0.3) is 0 Å². The van der Waals surface area contributed by atoms with Crippen LogP contribution >= 0.6 is 0 Å². The summed E-state index contributed by atoms with van der Waals surface area (Å²) in [6, 6.07) is 5.74. The third-order valence-corrected chi connectivity index (χ3v) is 2.62. The van der Waals surface area contributed by atoms with E-state index in [1.165, 1.54) is 0 Å². The van der Waals surface area contributed by atoms with Crippen molar-refractivity contribution in [2.75, 3.05) is 21.3 Å². The van der Waals surface area contributed by atoms with Crippen molar-refractivity contribution in [1.29, 1.82) is 5.26 Å². The van der Waals surface area contributed by atoms with Crippen molar-refractivity contribution in [1.82, 2.24) is 0 Å². The molecule has 0 N–H and O–H groups in total. The lowest BCUT2D eigenvalue weighted by Gasteiger charge is -2.22. The van der Waals surface area contributed by atoms with Crippen molar-refractivity contribution in [2.45, 2.75) is 19.3 Å². The molecule has 0 aliphatic heterocycles. The largest absolute Gasteiger partial charge is 0.496 e. The summed E-state index contributed by atoms with van der Waals surface area (Å²) in [5.41, 5.74) is 0.0361. The summed E-state index contributed by atoms with van der Waals surface area (Å²) < 4.78 is 15.8. The van der Waals surface area contributed by atoms with Crippen LogP contribution in [0.15, 0.2) is 12.1 Å². The summed E-state index contributed by atoms with van der Waals surface area (Å²) >= 11 is 0. The molecule has 92 valence electrons. The summed E-state index contributed by atoms with van der Waals surface area (Å²) in [6.45, 7) is 3.64. The molecule has 0 aliphatic rings. The number of methoxy groups -OCH3 is 3. The van der Waals surface area contributed by atoms with Crippen molar-refractivity contribution in [2.24, 2.45) is 0 Å². The number of benzene rings is 1. The fourth-order valence-corrected chi connectivity index (χ4v) is 1.68. The third-order valence-electron chi connectivity index (χ3n) is 2.62. The van der Waals surface area contributed by atoms with Crippen LogP contribution in [-0.2, 0) is 5.41 Å². The standard InChI is InChI=1S/C13H17NO3/c1-13(2,8-14)12-10(16-4)6-9(15-3)7-11(12)17-5/h6-7H,1-5H3. The first-order valence-electron chi connectivity index (χ1n) is 5.22. The Bertz CT molecular complexity index is 421. The van der Waals surface area contributed by atoms with E-state index in [1.807, 2.05) is 13.8 Å². The Morgan fingerprint density at radius 2 is 1.47 bits per heavy atom. The lowest BCUT2D eigenvalue weighted by Crippen LogP contribution is -2.17. The first kappa shape index (κ1) is 13.2. The lowest BCUT2D eigenvalue weighted by molar-refractivity contribution is 0.360. The fraction of sp³-hybridized carbons (Fsp3) is 0.462. The lowest BCUT2D eigenvalue weighted by atomic mass is 9.84. The SMILES string of the molecule is COc1cc(OC)c(C(C)(C)C#N)c(OC)c1. The first-order chi connectivity index (χ1) is 8.00. The molecule has 0 aliphatic carbocycles. The van der Waals surface area contributed by atoms with Crippen LogP contribution < -0.4 is 14.2 Å². The van der Waals surface area contributed by atoms with E-state index in [-0.39, 0.29) is 0 Å². The molecule has 4 heteroatoms. The van der Waals surface area contributed by atoms with E-state index in [2.05, 4.69) is 6.07 Å². The van der Waals surface area contributed by atoms with Gasteiger partial charge in [-0.15, -0.1) is 0 Å². The average Bonchev–Trinajstić information content (AvgIpc) is 2.36. The molecule has 4 nitrogen and oxygen atoms in total. The minimum atomic E-state index is -0.692. The zero-order chi connectivity index (χ0) is 13.1. The molecule has 17 heavy (non-hydrogen) atoms. The van der Waals surface area contributed by atoms with Gasteiger partial charge in [0.1, 0.15) is 17.2 Å². The summed E-state index contributed by atoms with van der Waals surface area (Å²) in [5.74, 6) is 1.82. The third kappa shape index (κ3) is 2.44. The molecule has 0 radical (unpaired) electrons. The number of nitriles is 1. The number of rotatable bonds is 4. The Hall–Kier alpha value is -1.89. The molecule has 0 saturated heterocycles. The molecule has 0 fully saturated rings. The van der Waals surface area contributed by atoms with E-state index in [0.29, 0.717) is 17.2 Å². The summed E-state index contributed by atoms with van der Waals surface area (Å²) in [6.07, 6.45) is 0. The van der Waals surface area contributed by atoms with Gasteiger partial charge in [0.2, 0.25) is 0 Å². The molecule has 1 rings (SSSR count). The van der Waals surface area contributed by atoms with Gasteiger partial charge in [-0.05, 0) is 13.8 Å². The van der Waals surface area contributed by atoms with Crippen LogP contribution in [0.2, 0.25) is 0 Å². The monoisotopic (exact) mass is 235 g/mol. The predicted molar refractivity (Wildman–Crippen MR) is 64.7 cm³/mol. The van der Waals surface area contributed by atoms with Gasteiger partial charge in [-0.25, -0.2) is 0 Å². The molecule has 1 aromatic carbocycles. The molecule has 0 heterocycles. The topological polar surface area (TPSA) is 51.5 Å². The summed E-state index contributed by atoms with van der Waals surface area (Å²) in [4.78, 5) is 0. The number of hydrogen-bond acceptors (Lipinski definition) is 4. The van der Waals surface area contributed by atoms with Gasteiger partial charge >= 0.3 is 0 Å². The molecule has 0 unspecified atom stereocenters. The molecule has 0 bridgehead atoms. The van der Waals surface area contributed by atoms with Gasteiger partial charge in [-0.2, -0.15) is 5.26 Å². The average molecular weight is 235 g/mol. The first-order valence-corrected chi connectivity index (χ1v) is 5.22. The van der Waals surface area contributed by atoms with Crippen molar-refractivity contribution in [3.63, 3.8) is 0 Å². The summed E-state index contributed by atoms with van der Waals surface area (Å²) in [5, 5.41) is 9.22. The van der Waals surface area contributed by atoms with Gasteiger partial charge in [0.15, 0.2) is 0 Å². The second-order valence-electron chi connectivity index (χ2n) is 4.14. The highest BCUT2D eigenvalue weighted by atomic mass is 16.5. The molecule has 0 amide bonds. The number of hydrogen-bond donors (Lipinski definition) is 0. The maximum atomic E-state index is 9.22. The van der Waals surface area contributed by atoms with Crippen LogP contribution in [0.3, 0.4) is 0 Å². The van der Waals surface area contributed by atoms with E-state index in [0.717, 1.165) is 5.56 Å². The Kier molecular flexibility index (Phi) is 3.84. The Morgan fingerprint density at radius 3 is 1.76 bits per heavy atom. The fourth-order valence-electron chi connectivity index (χ4n) is 1.68. The van der Waals surface area contributed by atoms with Gasteiger partial charge in [0.25, 0.3) is 0 Å². The van der Waals surface area contributed by atoms with E-state index in [1.54, 1.807) is 33.5 Å². The van der Waals surface area contributed by atoms with Crippen LogP contribution in [-0.4, -0.2) is 21.3 Å². The van der Waals surface area contributed by atoms with Gasteiger partial charge in [0.05, 0.1) is 38.4 Å². The van der Waals surface area contributed by atoms with E-state index < -0.39 is 5.41 Å². The normalized spacial score (nSPS) is 10.6. The zero-order valence-electron chi connectivity index (χ0n) is 10.8. The minimum Gasteiger partial charge on any atom is -0.496 e. The van der Waals surface area contributed by atoms with Crippen LogP contribution in [0.4, 0.5) is 0 Å². The van der Waals surface area contributed by atoms with Crippen molar-refractivity contribution in [3.8, 4) is 23.3 Å². The predicted octanol–water partition coefficient (Wildman–Crippen LogP) is 2.51. The second kappa shape index (κ2) is 4.96. The van der Waals surface area contributed by atoms with Gasteiger partial charge in [0, 0.05) is 12.1 Å². The smallest absolute Gasteiger partial charge is 0.131 e. The molecule has 0 spiro atoms. The summed E-state index contributed by atoms with van der Waals surface area (Å²) in [7, 11) is 4.69. The molecular weight excluding hydrogens is 218 g/mol. The maximum Gasteiger partial charge on any atom is 0.131 e. The number of ether oxygens (including phenoxy) is 3. The highest BCUT2D eigenvalue weighted by Crippen LogP contribution is 2.41. The van der Waals surface area contributed by atoms with Crippen LogP contribution in [0, 0.1) is 11.3 Å². The van der Waals surface area contributed by atoms with Crippen LogP contribution in [0.5, 0.6) is 17.2 Å². The van der Waals surface area contributed by atoms with Gasteiger partial charge < -0.3 is 14.2 Å². The highest BCUT2D eigenvalue weighted by molar-refractivity contribution is 5.56. The molecule has 0 aromatic heterocycles. The van der Waals surface area contributed by atoms with Crippen LogP contribution in [0.1, 0.15) is 19.4 Å². The Morgan fingerprint density at radius 1 is 1.00 bits per heavy atom. The number of nitrogens with zero attached hydrogens (tertiary/aromatic N) is 1. The zero-order valence-corrected chi connectivity index (χ0v) is 10.8. The quantitative estimate of drug-likeness (QED) is 0.804. The van der Waals surface area contributed by atoms with E-state index in [9.17, 15) is 5.26 Å². The molecule has 0 saturated carbocycles. The Balaban J connectivity index is 3.52. The maximum absolute atomic E-state index is 9.22. The second-order valence-corrected chi connectivity index (χ2v) is 4.14. The van der Waals surface area contributed by atoms with Crippen molar-refractivity contribution >= 4 is 0 Å². The van der Waals surface area contributed by atoms with Gasteiger partial charge in [-0.1, -0.05) is 0 Å². The minimum absolute atomic E-state index is 0.591. The van der Waals surface area contributed by atoms with E-state index in [4.69, 9.17) is 14.2 Å². The van der Waals surface area contributed by atoms with Crippen molar-refractivity contribution in [3.05, 3.63) is 17.7 Å². The highest BCUT2D eigenvalue weighted by Gasteiger charge is 2.29. The molecule has 1 aromatic rings. The Labute approximate surface area is 102 Å². The van der Waals surface area contributed by atoms with Gasteiger partial charge in [-0.3, -0.25) is 0 Å². The molecular formula is C13H17NO3.